The molecule has 196 valence electrons. The van der Waals surface area contributed by atoms with Crippen molar-refractivity contribution in [1.29, 1.82) is 0 Å². The second-order valence-electron chi connectivity index (χ2n) is 8.55. The summed E-state index contributed by atoms with van der Waals surface area (Å²) in [5.41, 5.74) is 2.72. The largest absolute Gasteiger partial charge is 0.332 e. The van der Waals surface area contributed by atoms with E-state index in [1.54, 1.807) is 23.2 Å². The van der Waals surface area contributed by atoms with E-state index in [9.17, 15) is 9.59 Å². The van der Waals surface area contributed by atoms with Gasteiger partial charge < -0.3 is 16.0 Å². The minimum atomic E-state index is -0.475. The molecule has 3 N–H and O–H groups in total. The second-order valence-corrected chi connectivity index (χ2v) is 10.6. The molecule has 0 saturated carbocycles. The van der Waals surface area contributed by atoms with Gasteiger partial charge in [0.25, 0.3) is 11.5 Å². The molecule has 5 aromatic rings. The number of carbonyl (C=O) groups is 1. The Balaban J connectivity index is 1.53. The third kappa shape index (κ3) is 5.32. The summed E-state index contributed by atoms with van der Waals surface area (Å²) in [7, 11) is 1.77. The lowest BCUT2D eigenvalue weighted by Crippen LogP contribution is -2.25. The van der Waals surface area contributed by atoms with E-state index in [0.29, 0.717) is 21.2 Å². The van der Waals surface area contributed by atoms with E-state index in [0.717, 1.165) is 22.7 Å². The Bertz CT molecular complexity index is 1770. The van der Waals surface area contributed by atoms with Crippen molar-refractivity contribution in [2.45, 2.75) is 6.92 Å². The highest BCUT2D eigenvalue weighted by molar-refractivity contribution is 7.80. The number of hydrogen-bond acceptors (Lipinski definition) is 5. The van der Waals surface area contributed by atoms with Gasteiger partial charge in [0.15, 0.2) is 9.07 Å². The fraction of sp³-hybridized carbons (Fsp3) is 0.0714. The average molecular weight is 573 g/mol. The van der Waals surface area contributed by atoms with Crippen LogP contribution in [0.4, 0.5) is 17.2 Å². The molecule has 0 aliphatic carbocycles. The molecule has 0 atom stereocenters. The van der Waals surface area contributed by atoms with Crippen LogP contribution in [0.15, 0.2) is 95.8 Å². The van der Waals surface area contributed by atoms with E-state index in [1.807, 2.05) is 91.0 Å². The molecule has 0 spiro atoms. The molecule has 0 bridgehead atoms. The van der Waals surface area contributed by atoms with Gasteiger partial charge in [-0.25, -0.2) is 4.68 Å². The number of aromatic nitrogens is 3. The van der Waals surface area contributed by atoms with Gasteiger partial charge in [-0.2, -0.15) is 0 Å². The SMILES string of the molecule is Cc1c(NC(=O)c2sc(=S)n(-c3ccccc3)c2NC(=S)Nc2ccccc2)c(=O)n(-c2ccccc2)n1C. The topological polar surface area (TPSA) is 85.0 Å². The molecule has 1 amide bonds. The summed E-state index contributed by atoms with van der Waals surface area (Å²) in [6.07, 6.45) is 0. The van der Waals surface area contributed by atoms with Crippen molar-refractivity contribution >= 4 is 64.0 Å². The average Bonchev–Trinajstić information content (AvgIpc) is 3.37. The molecule has 0 radical (unpaired) electrons. The van der Waals surface area contributed by atoms with Crippen LogP contribution in [0.3, 0.4) is 0 Å². The van der Waals surface area contributed by atoms with Crippen LogP contribution >= 0.6 is 35.8 Å². The number of carbonyl (C=O) groups excluding carboxylic acids is 1. The number of thiazole rings is 1. The number of hydrogen-bond donors (Lipinski definition) is 3. The van der Waals surface area contributed by atoms with E-state index in [-0.39, 0.29) is 21.2 Å². The standard InChI is InChI=1S/C28H24N6O2S3/c1-18-22(26(36)34(32(18)2)21-16-10-5-11-17-21)30-25(35)23-24(31-27(37)29-19-12-6-3-7-13-19)33(28(38)39-23)20-14-8-4-9-15-20/h3-17H,1-2H3,(H,30,35)(H2,29,31,37). The maximum Gasteiger partial charge on any atom is 0.295 e. The lowest BCUT2D eigenvalue weighted by atomic mass is 10.3. The summed E-state index contributed by atoms with van der Waals surface area (Å²) in [6.45, 7) is 1.78. The highest BCUT2D eigenvalue weighted by Crippen LogP contribution is 2.30. The van der Waals surface area contributed by atoms with Crippen LogP contribution in [-0.2, 0) is 7.05 Å². The van der Waals surface area contributed by atoms with Gasteiger partial charge in [0.2, 0.25) is 0 Å². The fourth-order valence-corrected chi connectivity index (χ4v) is 5.63. The van der Waals surface area contributed by atoms with Gasteiger partial charge in [0.1, 0.15) is 16.4 Å². The van der Waals surface area contributed by atoms with Gasteiger partial charge in [-0.3, -0.25) is 18.8 Å². The zero-order chi connectivity index (χ0) is 27.5. The lowest BCUT2D eigenvalue weighted by Gasteiger charge is -2.15. The van der Waals surface area contributed by atoms with Gasteiger partial charge in [-0.05, 0) is 67.8 Å². The third-order valence-electron chi connectivity index (χ3n) is 6.09. The van der Waals surface area contributed by atoms with Crippen molar-refractivity contribution < 1.29 is 4.79 Å². The molecule has 8 nitrogen and oxygen atoms in total. The number of nitrogens with zero attached hydrogens (tertiary/aromatic N) is 3. The Kier molecular flexibility index (Phi) is 7.55. The predicted molar refractivity (Wildman–Crippen MR) is 164 cm³/mol. The highest BCUT2D eigenvalue weighted by Gasteiger charge is 2.25. The number of benzene rings is 3. The summed E-state index contributed by atoms with van der Waals surface area (Å²) in [5, 5.41) is 9.42. The maximum atomic E-state index is 13.7. The van der Waals surface area contributed by atoms with Crippen molar-refractivity contribution in [3.05, 3.63) is 116 Å². The number of nitrogens with one attached hydrogen (secondary N) is 3. The minimum absolute atomic E-state index is 0.188. The molecular weight excluding hydrogens is 549 g/mol. The first-order chi connectivity index (χ1) is 18.8. The monoisotopic (exact) mass is 572 g/mol. The van der Waals surface area contributed by atoms with E-state index in [1.165, 1.54) is 4.68 Å². The Hall–Kier alpha value is -4.32. The zero-order valence-corrected chi connectivity index (χ0v) is 23.5. The Morgan fingerprint density at radius 3 is 2.00 bits per heavy atom. The Morgan fingerprint density at radius 2 is 1.38 bits per heavy atom. The molecule has 2 heterocycles. The van der Waals surface area contributed by atoms with Crippen LogP contribution in [0.2, 0.25) is 0 Å². The molecule has 0 fully saturated rings. The first-order valence-corrected chi connectivity index (χ1v) is 13.6. The van der Waals surface area contributed by atoms with Crippen LogP contribution in [0.1, 0.15) is 15.4 Å². The van der Waals surface area contributed by atoms with E-state index >= 15 is 0 Å². The smallest absolute Gasteiger partial charge is 0.295 e. The summed E-state index contributed by atoms with van der Waals surface area (Å²) >= 11 is 12.4. The quantitative estimate of drug-likeness (QED) is 0.212. The predicted octanol–water partition coefficient (Wildman–Crippen LogP) is 6.13. The van der Waals surface area contributed by atoms with E-state index in [4.69, 9.17) is 24.4 Å². The molecule has 2 aromatic heterocycles. The molecule has 0 saturated heterocycles. The first-order valence-electron chi connectivity index (χ1n) is 11.9. The van der Waals surface area contributed by atoms with Gasteiger partial charge in [0.05, 0.1) is 11.4 Å². The van der Waals surface area contributed by atoms with E-state index < -0.39 is 5.91 Å². The summed E-state index contributed by atoms with van der Waals surface area (Å²) in [5.74, 6) is -0.0732. The van der Waals surface area contributed by atoms with Crippen molar-refractivity contribution in [2.24, 2.45) is 7.05 Å². The van der Waals surface area contributed by atoms with Gasteiger partial charge >= 0.3 is 0 Å². The fourth-order valence-electron chi connectivity index (χ4n) is 4.13. The van der Waals surface area contributed by atoms with Crippen LogP contribution in [0.25, 0.3) is 11.4 Å². The molecule has 0 aliphatic heterocycles. The van der Waals surface area contributed by atoms with Gasteiger partial charge in [0, 0.05) is 18.4 Å². The molecule has 0 unspecified atom stereocenters. The summed E-state index contributed by atoms with van der Waals surface area (Å²) < 4.78 is 5.43. The van der Waals surface area contributed by atoms with Crippen molar-refractivity contribution in [3.8, 4) is 11.4 Å². The van der Waals surface area contributed by atoms with Crippen molar-refractivity contribution in [1.82, 2.24) is 13.9 Å². The number of thiocarbonyl (C=S) groups is 1. The van der Waals surface area contributed by atoms with Crippen molar-refractivity contribution in [3.63, 3.8) is 0 Å². The molecule has 11 heteroatoms. The number of anilines is 3. The Labute approximate surface area is 239 Å². The molecular formula is C28H24N6O2S3. The van der Waals surface area contributed by atoms with Gasteiger partial charge in [-0.1, -0.05) is 65.9 Å². The zero-order valence-electron chi connectivity index (χ0n) is 21.0. The van der Waals surface area contributed by atoms with E-state index in [2.05, 4.69) is 16.0 Å². The molecule has 5 rings (SSSR count). The number of para-hydroxylation sites is 3. The summed E-state index contributed by atoms with van der Waals surface area (Å²) in [4.78, 5) is 27.4. The third-order valence-corrected chi connectivity index (χ3v) is 7.66. The maximum absolute atomic E-state index is 13.7. The van der Waals surface area contributed by atoms with Crippen LogP contribution < -0.4 is 21.5 Å². The van der Waals surface area contributed by atoms with Crippen molar-refractivity contribution in [2.75, 3.05) is 16.0 Å². The second kappa shape index (κ2) is 11.2. The molecule has 0 aliphatic rings. The number of rotatable bonds is 6. The Morgan fingerprint density at radius 1 is 0.821 bits per heavy atom. The normalized spacial score (nSPS) is 10.7. The number of amides is 1. The van der Waals surface area contributed by atoms with Crippen LogP contribution in [-0.4, -0.2) is 25.0 Å². The summed E-state index contributed by atoms with van der Waals surface area (Å²) in [6, 6.07) is 28.2. The molecule has 39 heavy (non-hydrogen) atoms. The molecule has 3 aromatic carbocycles. The lowest BCUT2D eigenvalue weighted by molar-refractivity contribution is 0.103. The van der Waals surface area contributed by atoms with Crippen LogP contribution in [0, 0.1) is 10.9 Å². The minimum Gasteiger partial charge on any atom is -0.332 e. The highest BCUT2D eigenvalue weighted by atomic mass is 32.1. The first kappa shape index (κ1) is 26.3. The van der Waals surface area contributed by atoms with Gasteiger partial charge in [-0.15, -0.1) is 0 Å². The van der Waals surface area contributed by atoms with Crippen LogP contribution in [0.5, 0.6) is 0 Å².